The fourth-order valence-corrected chi connectivity index (χ4v) is 2.20. The van der Waals surface area contributed by atoms with E-state index in [1.807, 2.05) is 43.3 Å². The Kier molecular flexibility index (Phi) is 4.22. The normalized spacial score (nSPS) is 11.9. The third-order valence-electron chi connectivity index (χ3n) is 2.80. The van der Waals surface area contributed by atoms with Crippen molar-refractivity contribution < 1.29 is 9.90 Å². The first kappa shape index (κ1) is 13.6. The topological polar surface area (TPSA) is 49.3 Å². The zero-order chi connectivity index (χ0) is 13.8. The molecule has 0 aliphatic rings. The molecule has 0 aliphatic heterocycles. The maximum atomic E-state index is 11.4. The molecule has 1 atom stereocenters. The number of carboxylic acids is 1. The summed E-state index contributed by atoms with van der Waals surface area (Å²) < 4.78 is 0.847. The van der Waals surface area contributed by atoms with Gasteiger partial charge in [-0.05, 0) is 46.1 Å². The van der Waals surface area contributed by atoms with Gasteiger partial charge in [-0.15, -0.1) is 0 Å². The highest BCUT2D eigenvalue weighted by molar-refractivity contribution is 9.10. The molecule has 2 aromatic carbocycles. The van der Waals surface area contributed by atoms with Gasteiger partial charge in [0, 0.05) is 10.2 Å². The second-order valence-electron chi connectivity index (χ2n) is 4.31. The summed E-state index contributed by atoms with van der Waals surface area (Å²) in [4.78, 5) is 11.4. The molecule has 0 spiro atoms. The molecule has 0 bridgehead atoms. The summed E-state index contributed by atoms with van der Waals surface area (Å²) in [5.41, 5.74) is 2.57. The second-order valence-corrected chi connectivity index (χ2v) is 5.16. The molecule has 3 nitrogen and oxygen atoms in total. The molecule has 2 rings (SSSR count). The van der Waals surface area contributed by atoms with Crippen LogP contribution in [0.15, 0.2) is 53.0 Å². The van der Waals surface area contributed by atoms with Gasteiger partial charge < -0.3 is 10.4 Å². The lowest BCUT2D eigenvalue weighted by Crippen LogP contribution is -2.20. The zero-order valence-corrected chi connectivity index (χ0v) is 12.0. The Morgan fingerprint density at radius 3 is 2.53 bits per heavy atom. The summed E-state index contributed by atoms with van der Waals surface area (Å²) in [6.45, 7) is 1.97. The maximum absolute atomic E-state index is 11.4. The number of carboxylic acid groups (broad SMARTS) is 1. The van der Waals surface area contributed by atoms with Crippen LogP contribution in [0.25, 0.3) is 0 Å². The van der Waals surface area contributed by atoms with Gasteiger partial charge in [0.1, 0.15) is 0 Å². The molecule has 19 heavy (non-hydrogen) atoms. The van der Waals surface area contributed by atoms with Crippen molar-refractivity contribution in [3.63, 3.8) is 0 Å². The molecule has 0 saturated carbocycles. The predicted molar refractivity (Wildman–Crippen MR) is 79.3 cm³/mol. The zero-order valence-electron chi connectivity index (χ0n) is 10.4. The standard InChI is InChI=1S/C15H14BrNO2/c1-10-7-8-12(16)13(9-10)17-14(15(18)19)11-5-3-2-4-6-11/h2-9,14,17H,1H3,(H,18,19). The van der Waals surface area contributed by atoms with Crippen molar-refractivity contribution in [3.8, 4) is 0 Å². The van der Waals surface area contributed by atoms with Crippen LogP contribution in [-0.4, -0.2) is 11.1 Å². The van der Waals surface area contributed by atoms with Crippen LogP contribution in [-0.2, 0) is 4.79 Å². The van der Waals surface area contributed by atoms with Crippen LogP contribution in [0.4, 0.5) is 5.69 Å². The Morgan fingerprint density at radius 2 is 1.89 bits per heavy atom. The van der Waals surface area contributed by atoms with E-state index in [0.717, 1.165) is 21.3 Å². The smallest absolute Gasteiger partial charge is 0.330 e. The van der Waals surface area contributed by atoms with Gasteiger partial charge in [-0.25, -0.2) is 4.79 Å². The Balaban J connectivity index is 2.32. The van der Waals surface area contributed by atoms with Crippen LogP contribution in [0.5, 0.6) is 0 Å². The summed E-state index contributed by atoms with van der Waals surface area (Å²) in [7, 11) is 0. The highest BCUT2D eigenvalue weighted by atomic mass is 79.9. The molecule has 2 N–H and O–H groups in total. The summed E-state index contributed by atoms with van der Waals surface area (Å²) in [6.07, 6.45) is 0. The van der Waals surface area contributed by atoms with Crippen molar-refractivity contribution in [1.82, 2.24) is 0 Å². The Morgan fingerprint density at radius 1 is 1.21 bits per heavy atom. The number of hydrogen-bond donors (Lipinski definition) is 2. The van der Waals surface area contributed by atoms with Crippen LogP contribution in [0.2, 0.25) is 0 Å². The van der Waals surface area contributed by atoms with E-state index in [1.165, 1.54) is 0 Å². The number of carbonyl (C=O) groups is 1. The third-order valence-corrected chi connectivity index (χ3v) is 3.49. The van der Waals surface area contributed by atoms with Crippen LogP contribution < -0.4 is 5.32 Å². The fourth-order valence-electron chi connectivity index (χ4n) is 1.84. The van der Waals surface area contributed by atoms with Crippen molar-refractivity contribution in [2.75, 3.05) is 5.32 Å². The number of anilines is 1. The molecule has 0 aromatic heterocycles. The highest BCUT2D eigenvalue weighted by Crippen LogP contribution is 2.27. The number of halogens is 1. The molecule has 4 heteroatoms. The summed E-state index contributed by atoms with van der Waals surface area (Å²) in [6, 6.07) is 14.2. The maximum Gasteiger partial charge on any atom is 0.330 e. The molecule has 0 saturated heterocycles. The lowest BCUT2D eigenvalue weighted by Gasteiger charge is -2.17. The number of nitrogens with one attached hydrogen (secondary N) is 1. The van der Waals surface area contributed by atoms with Crippen molar-refractivity contribution >= 4 is 27.6 Å². The Hall–Kier alpha value is -1.81. The van der Waals surface area contributed by atoms with Crippen molar-refractivity contribution in [3.05, 3.63) is 64.1 Å². The minimum atomic E-state index is -0.903. The first-order valence-corrected chi connectivity index (χ1v) is 6.67. The molecular formula is C15H14BrNO2. The Labute approximate surface area is 120 Å². The van der Waals surface area contributed by atoms with E-state index in [9.17, 15) is 9.90 Å². The molecule has 0 aliphatic carbocycles. The van der Waals surface area contributed by atoms with E-state index in [1.54, 1.807) is 12.1 Å². The molecule has 98 valence electrons. The number of rotatable bonds is 4. The van der Waals surface area contributed by atoms with Crippen LogP contribution >= 0.6 is 15.9 Å². The first-order chi connectivity index (χ1) is 9.08. The summed E-state index contributed by atoms with van der Waals surface area (Å²) in [5, 5.41) is 12.4. The molecule has 0 heterocycles. The summed E-state index contributed by atoms with van der Waals surface area (Å²) >= 11 is 3.43. The quantitative estimate of drug-likeness (QED) is 0.895. The van der Waals surface area contributed by atoms with Crippen LogP contribution in [0.3, 0.4) is 0 Å². The molecule has 2 aromatic rings. The van der Waals surface area contributed by atoms with Gasteiger partial charge in [0.25, 0.3) is 0 Å². The molecule has 1 unspecified atom stereocenters. The van der Waals surface area contributed by atoms with E-state index < -0.39 is 12.0 Å². The van der Waals surface area contributed by atoms with Gasteiger partial charge in [-0.2, -0.15) is 0 Å². The average Bonchev–Trinajstić information content (AvgIpc) is 2.40. The summed E-state index contributed by atoms with van der Waals surface area (Å²) in [5.74, 6) is -0.903. The van der Waals surface area contributed by atoms with Gasteiger partial charge in [0.2, 0.25) is 0 Å². The van der Waals surface area contributed by atoms with Crippen molar-refractivity contribution in [2.45, 2.75) is 13.0 Å². The lowest BCUT2D eigenvalue weighted by atomic mass is 10.1. The number of aliphatic carboxylic acids is 1. The molecule has 0 amide bonds. The van der Waals surface area contributed by atoms with Crippen molar-refractivity contribution in [2.24, 2.45) is 0 Å². The lowest BCUT2D eigenvalue weighted by molar-refractivity contribution is -0.138. The number of aryl methyl sites for hydroxylation is 1. The van der Waals surface area contributed by atoms with E-state index >= 15 is 0 Å². The van der Waals surface area contributed by atoms with Gasteiger partial charge in [0.15, 0.2) is 6.04 Å². The van der Waals surface area contributed by atoms with E-state index in [-0.39, 0.29) is 0 Å². The van der Waals surface area contributed by atoms with Crippen molar-refractivity contribution in [1.29, 1.82) is 0 Å². The molecule has 0 radical (unpaired) electrons. The average molecular weight is 320 g/mol. The van der Waals surface area contributed by atoms with Gasteiger partial charge in [-0.3, -0.25) is 0 Å². The highest BCUT2D eigenvalue weighted by Gasteiger charge is 2.20. The predicted octanol–water partition coefficient (Wildman–Crippen LogP) is 4.00. The molecular weight excluding hydrogens is 306 g/mol. The minimum absolute atomic E-state index is 0.725. The van der Waals surface area contributed by atoms with E-state index in [2.05, 4.69) is 21.2 Å². The minimum Gasteiger partial charge on any atom is -0.479 e. The van der Waals surface area contributed by atoms with E-state index in [4.69, 9.17) is 0 Å². The van der Waals surface area contributed by atoms with Gasteiger partial charge in [0.05, 0.1) is 0 Å². The van der Waals surface area contributed by atoms with Crippen LogP contribution in [0, 0.1) is 6.92 Å². The largest absolute Gasteiger partial charge is 0.479 e. The Bertz CT molecular complexity index is 584. The van der Waals surface area contributed by atoms with Gasteiger partial charge in [-0.1, -0.05) is 36.4 Å². The monoisotopic (exact) mass is 319 g/mol. The van der Waals surface area contributed by atoms with Crippen LogP contribution in [0.1, 0.15) is 17.2 Å². The van der Waals surface area contributed by atoms with E-state index in [0.29, 0.717) is 0 Å². The third kappa shape index (κ3) is 3.35. The first-order valence-electron chi connectivity index (χ1n) is 5.88. The fraction of sp³-hybridized carbons (Fsp3) is 0.133. The second kappa shape index (κ2) is 5.89. The number of hydrogen-bond acceptors (Lipinski definition) is 2. The van der Waals surface area contributed by atoms with Gasteiger partial charge >= 0.3 is 5.97 Å². The SMILES string of the molecule is Cc1ccc(Br)c(NC(C(=O)O)c2ccccc2)c1. The number of benzene rings is 2. The molecule has 0 fully saturated rings.